The van der Waals surface area contributed by atoms with E-state index in [4.69, 9.17) is 34.4 Å². The Labute approximate surface area is 66.1 Å². The number of halogens is 3. The maximum Gasteiger partial charge on any atom is 0.450 e. The molecular formula is BCl3Pb. The Bertz CT molecular complexity index is 11.6. The van der Waals surface area contributed by atoms with Crippen LogP contribution in [0, 0.1) is 0 Å². The van der Waals surface area contributed by atoms with Gasteiger partial charge < -0.3 is 0 Å². The minimum Gasteiger partial charge on any atom is -0.150 e. The Morgan fingerprint density at radius 2 is 1.00 bits per heavy atom. The van der Waals surface area contributed by atoms with E-state index in [9.17, 15) is 0 Å². The van der Waals surface area contributed by atoms with Crippen molar-refractivity contribution in [3.8, 4) is 0 Å². The van der Waals surface area contributed by atoms with Crippen molar-refractivity contribution in [1.82, 2.24) is 0 Å². The van der Waals surface area contributed by atoms with E-state index < -0.39 is 4.96 Å². The van der Waals surface area contributed by atoms with Crippen molar-refractivity contribution in [1.29, 1.82) is 0 Å². The van der Waals surface area contributed by atoms with Crippen LogP contribution in [0.25, 0.3) is 0 Å². The minimum absolute atomic E-state index is 0. The van der Waals surface area contributed by atoms with Gasteiger partial charge >= 0.3 is 4.96 Å². The molecular weight excluding hydrogens is 324 g/mol. The topological polar surface area (TPSA) is 0 Å². The second kappa shape index (κ2) is 5.86. The van der Waals surface area contributed by atoms with Gasteiger partial charge in [-0.1, -0.05) is 0 Å². The summed E-state index contributed by atoms with van der Waals surface area (Å²) >= 11 is 14.4. The van der Waals surface area contributed by atoms with Crippen molar-refractivity contribution in [2.45, 2.75) is 0 Å². The zero-order chi connectivity index (χ0) is 3.58. The Kier molecular flexibility index (Phi) is 11.7. The maximum atomic E-state index is 4.81. The van der Waals surface area contributed by atoms with Gasteiger partial charge in [0.05, 0.1) is 0 Å². The van der Waals surface area contributed by atoms with Gasteiger partial charge in [-0.2, -0.15) is 34.4 Å². The van der Waals surface area contributed by atoms with Crippen molar-refractivity contribution in [2.75, 3.05) is 0 Å². The SMILES string of the molecule is ClB(Cl)Cl.[Pb]. The van der Waals surface area contributed by atoms with Gasteiger partial charge in [0.25, 0.3) is 0 Å². The number of rotatable bonds is 0. The summed E-state index contributed by atoms with van der Waals surface area (Å²) < 4.78 is 0. The first-order valence-electron chi connectivity index (χ1n) is 0.655. The maximum absolute atomic E-state index is 4.81. The van der Waals surface area contributed by atoms with Crippen LogP contribution in [0.2, 0.25) is 0 Å². The van der Waals surface area contributed by atoms with Gasteiger partial charge in [0.1, 0.15) is 0 Å². The van der Waals surface area contributed by atoms with E-state index in [0.29, 0.717) is 0 Å². The van der Waals surface area contributed by atoms with E-state index in [1.54, 1.807) is 0 Å². The van der Waals surface area contributed by atoms with Crippen LogP contribution in [0.15, 0.2) is 0 Å². The largest absolute Gasteiger partial charge is 0.450 e. The molecule has 0 aliphatic carbocycles. The number of hydrogen-bond acceptors (Lipinski definition) is 0. The van der Waals surface area contributed by atoms with Crippen LogP contribution < -0.4 is 0 Å². The summed E-state index contributed by atoms with van der Waals surface area (Å²) in [6.45, 7) is 0. The Morgan fingerprint density at radius 1 is 1.00 bits per heavy atom. The van der Waals surface area contributed by atoms with E-state index in [-0.39, 0.29) is 27.3 Å². The average molecular weight is 324 g/mol. The first-order valence-corrected chi connectivity index (χ1v) is 1.96. The molecule has 5 heteroatoms. The molecule has 0 unspecified atom stereocenters. The van der Waals surface area contributed by atoms with E-state index in [1.807, 2.05) is 0 Å². The summed E-state index contributed by atoms with van der Waals surface area (Å²) in [6.07, 6.45) is 0. The van der Waals surface area contributed by atoms with Gasteiger partial charge in [-0.25, -0.2) is 0 Å². The van der Waals surface area contributed by atoms with E-state index in [2.05, 4.69) is 0 Å². The summed E-state index contributed by atoms with van der Waals surface area (Å²) in [7, 11) is 0. The fraction of sp³-hybridized carbons (Fsp3) is 0. The van der Waals surface area contributed by atoms with Gasteiger partial charge in [0, 0.05) is 27.3 Å². The van der Waals surface area contributed by atoms with Crippen LogP contribution in [0.3, 0.4) is 0 Å². The molecule has 0 amide bonds. The third kappa shape index (κ3) is 25.3. The van der Waals surface area contributed by atoms with E-state index >= 15 is 0 Å². The minimum atomic E-state index is -0.750. The molecule has 28 valence electrons. The normalized spacial score (nSPS) is 5.40. The van der Waals surface area contributed by atoms with Gasteiger partial charge in [0.15, 0.2) is 0 Å². The molecule has 0 aromatic rings. The predicted octanol–water partition coefficient (Wildman–Crippen LogP) is 1.31. The molecule has 0 heterocycles. The summed E-state index contributed by atoms with van der Waals surface area (Å²) in [4.78, 5) is -0.750. The third-order valence-corrected chi connectivity index (χ3v) is 0. The van der Waals surface area contributed by atoms with Crippen molar-refractivity contribution in [3.05, 3.63) is 0 Å². The van der Waals surface area contributed by atoms with Gasteiger partial charge in [-0.3, -0.25) is 0 Å². The molecule has 0 fully saturated rings. The van der Waals surface area contributed by atoms with Gasteiger partial charge in [0.2, 0.25) is 0 Å². The van der Waals surface area contributed by atoms with Crippen LogP contribution in [0.5, 0.6) is 0 Å². The zero-order valence-electron chi connectivity index (χ0n) is 2.21. The Balaban J connectivity index is 0. The van der Waals surface area contributed by atoms with Gasteiger partial charge in [-0.15, -0.1) is 0 Å². The summed E-state index contributed by atoms with van der Waals surface area (Å²) in [5, 5.41) is 0. The number of hydrogen-bond donors (Lipinski definition) is 0. The smallest absolute Gasteiger partial charge is 0.150 e. The molecule has 0 saturated carbocycles. The molecule has 0 rings (SSSR count). The first-order chi connectivity index (χ1) is 1.73. The van der Waals surface area contributed by atoms with Crippen molar-refractivity contribution >= 4 is 66.6 Å². The van der Waals surface area contributed by atoms with Crippen LogP contribution in [-0.2, 0) is 0 Å². The second-order valence-electron chi connectivity index (χ2n) is 0.247. The van der Waals surface area contributed by atoms with Crippen LogP contribution in [0.1, 0.15) is 0 Å². The quantitative estimate of drug-likeness (QED) is 0.590. The average Bonchev–Trinajstić information content (AvgIpc) is 0.811. The Hall–Kier alpha value is 1.86. The molecule has 0 bridgehead atoms. The molecule has 4 radical (unpaired) electrons. The van der Waals surface area contributed by atoms with Crippen molar-refractivity contribution in [2.24, 2.45) is 0 Å². The molecule has 0 aromatic heterocycles. The molecule has 0 aromatic carbocycles. The second-order valence-corrected chi connectivity index (χ2v) is 2.23. The van der Waals surface area contributed by atoms with Crippen molar-refractivity contribution < 1.29 is 0 Å². The molecule has 0 N–H and O–H groups in total. The van der Waals surface area contributed by atoms with Gasteiger partial charge in [-0.05, 0) is 0 Å². The van der Waals surface area contributed by atoms with E-state index in [1.165, 1.54) is 0 Å². The molecule has 0 aliphatic rings. The summed E-state index contributed by atoms with van der Waals surface area (Å²) in [6, 6.07) is 0. The fourth-order valence-electron chi connectivity index (χ4n) is 0. The van der Waals surface area contributed by atoms with E-state index in [0.717, 1.165) is 0 Å². The predicted molar refractivity (Wildman–Crippen MR) is 29.1 cm³/mol. The molecule has 5 heavy (non-hydrogen) atoms. The monoisotopic (exact) mass is 324 g/mol. The zero-order valence-corrected chi connectivity index (χ0v) is 8.37. The van der Waals surface area contributed by atoms with Crippen LogP contribution >= 0.6 is 34.4 Å². The summed E-state index contributed by atoms with van der Waals surface area (Å²) in [5.41, 5.74) is 0. The standard InChI is InChI=1S/BCl3.Pb/c2-1(3)4;. The molecule has 0 saturated heterocycles. The molecule has 0 atom stereocenters. The first kappa shape index (κ1) is 9.97. The molecule has 0 aliphatic heterocycles. The van der Waals surface area contributed by atoms with Crippen LogP contribution in [-0.4, -0.2) is 32.3 Å². The van der Waals surface area contributed by atoms with Crippen LogP contribution in [0.4, 0.5) is 0 Å². The fourth-order valence-corrected chi connectivity index (χ4v) is 0. The summed E-state index contributed by atoms with van der Waals surface area (Å²) in [5.74, 6) is 0. The van der Waals surface area contributed by atoms with Crippen molar-refractivity contribution in [3.63, 3.8) is 0 Å². The molecule has 0 nitrogen and oxygen atoms in total. The third-order valence-electron chi connectivity index (χ3n) is 0. The Morgan fingerprint density at radius 3 is 1.00 bits per heavy atom. The molecule has 0 spiro atoms.